The van der Waals surface area contributed by atoms with Gasteiger partial charge >= 0.3 is 0 Å². The first kappa shape index (κ1) is 17.1. The van der Waals surface area contributed by atoms with Gasteiger partial charge in [0.1, 0.15) is 23.5 Å². The molecule has 2 unspecified atom stereocenters. The molecule has 4 N–H and O–H groups in total. The highest BCUT2D eigenvalue weighted by atomic mass is 79.9. The zero-order valence-electron chi connectivity index (χ0n) is 13.6. The molecule has 2 atom stereocenters. The summed E-state index contributed by atoms with van der Waals surface area (Å²) in [6, 6.07) is 4.01. The summed E-state index contributed by atoms with van der Waals surface area (Å²) in [6.07, 6.45) is 3.94. The Kier molecular flexibility index (Phi) is 4.67. The van der Waals surface area contributed by atoms with Crippen molar-refractivity contribution in [2.24, 2.45) is 5.92 Å². The van der Waals surface area contributed by atoms with Crippen LogP contribution in [0.5, 0.6) is 0 Å². The second-order valence-electron chi connectivity index (χ2n) is 6.05. The number of fused-ring (bicyclic) bond motifs is 1. The minimum atomic E-state index is 0.0175. The zero-order valence-corrected chi connectivity index (χ0v) is 16.0. The van der Waals surface area contributed by atoms with Crippen LogP contribution in [0.3, 0.4) is 0 Å². The highest BCUT2D eigenvalue weighted by Gasteiger charge is 2.26. The summed E-state index contributed by atoms with van der Waals surface area (Å²) < 4.78 is 1.77. The Morgan fingerprint density at radius 3 is 3.04 bits per heavy atom. The highest BCUT2D eigenvalue weighted by molar-refractivity contribution is 9.10. The average molecular weight is 431 g/mol. The number of hydrogen-bond donors (Lipinski definition) is 3. The molecular weight excluding hydrogens is 416 g/mol. The Bertz CT molecular complexity index is 998. The number of anilines is 3. The Hall–Kier alpha value is -2.35. The number of nitrogens with two attached hydrogens (primary N) is 1. The van der Waals surface area contributed by atoms with Crippen LogP contribution in [0.2, 0.25) is 0 Å². The van der Waals surface area contributed by atoms with Crippen molar-refractivity contribution in [3.8, 4) is 6.07 Å². The van der Waals surface area contributed by atoms with Gasteiger partial charge in [-0.15, -0.1) is 11.3 Å². The van der Waals surface area contributed by atoms with Crippen LogP contribution in [-0.2, 0) is 0 Å². The fourth-order valence-electron chi connectivity index (χ4n) is 2.95. The summed E-state index contributed by atoms with van der Waals surface area (Å²) in [6.45, 7) is 1.57. The molecule has 0 aromatic carbocycles. The van der Waals surface area contributed by atoms with Gasteiger partial charge in [0, 0.05) is 31.3 Å². The molecule has 3 aromatic rings. The predicted octanol–water partition coefficient (Wildman–Crippen LogP) is 2.79. The van der Waals surface area contributed by atoms with Crippen LogP contribution in [0.4, 0.5) is 17.5 Å². The molecule has 1 aliphatic rings. The van der Waals surface area contributed by atoms with Crippen LogP contribution in [0, 0.1) is 17.2 Å². The van der Waals surface area contributed by atoms with E-state index in [1.807, 2.05) is 0 Å². The SMILES string of the molecule is N#CC1CNCC(c2nc3c(Br)cnc(Nc4cc(N)ncn4)c3s2)C1. The molecule has 0 radical (unpaired) electrons. The van der Waals surface area contributed by atoms with E-state index in [4.69, 9.17) is 10.7 Å². The van der Waals surface area contributed by atoms with Gasteiger partial charge < -0.3 is 16.4 Å². The number of nitrogens with one attached hydrogen (secondary N) is 2. The van der Waals surface area contributed by atoms with Crippen molar-refractivity contribution in [1.29, 1.82) is 5.26 Å². The summed E-state index contributed by atoms with van der Waals surface area (Å²) >= 11 is 5.12. The summed E-state index contributed by atoms with van der Waals surface area (Å²) in [5, 5.41) is 16.7. The second kappa shape index (κ2) is 7.11. The molecule has 0 bridgehead atoms. The number of pyridine rings is 1. The fourth-order valence-corrected chi connectivity index (χ4v) is 4.62. The third-order valence-corrected chi connectivity index (χ3v) is 6.01. The lowest BCUT2D eigenvalue weighted by molar-refractivity contribution is 0.398. The van der Waals surface area contributed by atoms with E-state index in [9.17, 15) is 5.26 Å². The van der Waals surface area contributed by atoms with Gasteiger partial charge in [-0.05, 0) is 22.4 Å². The molecule has 0 aliphatic carbocycles. The highest BCUT2D eigenvalue weighted by Crippen LogP contribution is 2.38. The average Bonchev–Trinajstić information content (AvgIpc) is 3.11. The number of piperidine rings is 1. The van der Waals surface area contributed by atoms with E-state index in [0.29, 0.717) is 17.5 Å². The molecule has 10 heteroatoms. The Labute approximate surface area is 162 Å². The van der Waals surface area contributed by atoms with E-state index >= 15 is 0 Å². The molecule has 26 heavy (non-hydrogen) atoms. The number of nitrogen functional groups attached to an aromatic ring is 1. The molecule has 0 amide bonds. The van der Waals surface area contributed by atoms with Gasteiger partial charge in [-0.3, -0.25) is 0 Å². The second-order valence-corrected chi connectivity index (χ2v) is 7.94. The number of rotatable bonds is 3. The Morgan fingerprint density at radius 1 is 1.35 bits per heavy atom. The Balaban J connectivity index is 1.70. The molecule has 4 rings (SSSR count). The monoisotopic (exact) mass is 430 g/mol. The molecule has 132 valence electrons. The maximum atomic E-state index is 9.21. The molecule has 1 aliphatic heterocycles. The maximum absolute atomic E-state index is 9.21. The number of halogens is 1. The van der Waals surface area contributed by atoms with Gasteiger partial charge in [-0.25, -0.2) is 19.9 Å². The lowest BCUT2D eigenvalue weighted by atomic mass is 9.92. The van der Waals surface area contributed by atoms with Crippen LogP contribution in [0.1, 0.15) is 17.3 Å². The lowest BCUT2D eigenvalue weighted by Crippen LogP contribution is -2.34. The Morgan fingerprint density at radius 2 is 2.23 bits per heavy atom. The van der Waals surface area contributed by atoms with Gasteiger partial charge in [0.2, 0.25) is 0 Å². The minimum Gasteiger partial charge on any atom is -0.384 e. The van der Waals surface area contributed by atoms with Gasteiger partial charge in [0.05, 0.1) is 26.2 Å². The molecule has 8 nitrogen and oxygen atoms in total. The fraction of sp³-hybridized carbons (Fsp3) is 0.312. The molecule has 4 heterocycles. The van der Waals surface area contributed by atoms with Crippen molar-refractivity contribution < 1.29 is 0 Å². The van der Waals surface area contributed by atoms with Crippen molar-refractivity contribution >= 4 is 54.9 Å². The van der Waals surface area contributed by atoms with Crippen molar-refractivity contribution in [3.63, 3.8) is 0 Å². The third-order valence-electron chi connectivity index (χ3n) is 4.21. The van der Waals surface area contributed by atoms with E-state index in [0.717, 1.165) is 39.2 Å². The number of thiazole rings is 1. The maximum Gasteiger partial charge on any atom is 0.151 e. The van der Waals surface area contributed by atoms with Crippen molar-refractivity contribution in [2.75, 3.05) is 24.1 Å². The summed E-state index contributed by atoms with van der Waals surface area (Å²) in [4.78, 5) is 17.3. The topological polar surface area (TPSA) is 125 Å². The standard InChI is InChI=1S/C16H15BrN8S/c17-10-6-21-15(24-12-2-11(19)22-7-23-12)14-13(10)25-16(26-14)9-1-8(3-18)4-20-5-9/h2,6-9,20H,1,4-5H2,(H3,19,21,22,23,24). The first-order valence-electron chi connectivity index (χ1n) is 8.04. The molecule has 0 saturated carbocycles. The van der Waals surface area contributed by atoms with Gasteiger partial charge in [-0.1, -0.05) is 0 Å². The first-order chi connectivity index (χ1) is 12.6. The van der Waals surface area contributed by atoms with E-state index < -0.39 is 0 Å². The van der Waals surface area contributed by atoms with Gasteiger partial charge in [-0.2, -0.15) is 5.26 Å². The van der Waals surface area contributed by atoms with E-state index in [1.54, 1.807) is 23.6 Å². The van der Waals surface area contributed by atoms with Crippen LogP contribution in [0.15, 0.2) is 23.1 Å². The van der Waals surface area contributed by atoms with Crippen LogP contribution in [0.25, 0.3) is 10.2 Å². The first-order valence-corrected chi connectivity index (χ1v) is 9.65. The molecule has 1 fully saturated rings. The molecule has 3 aromatic heterocycles. The molecule has 1 saturated heterocycles. The van der Waals surface area contributed by atoms with E-state index in [-0.39, 0.29) is 11.8 Å². The van der Waals surface area contributed by atoms with Crippen molar-refractivity contribution in [1.82, 2.24) is 25.3 Å². The van der Waals surface area contributed by atoms with Gasteiger partial charge in [0.25, 0.3) is 0 Å². The van der Waals surface area contributed by atoms with E-state index in [1.165, 1.54) is 6.33 Å². The van der Waals surface area contributed by atoms with Crippen LogP contribution < -0.4 is 16.4 Å². The minimum absolute atomic E-state index is 0.0175. The molecular formula is C16H15BrN8S. The van der Waals surface area contributed by atoms with Crippen molar-refractivity contribution in [3.05, 3.63) is 28.1 Å². The van der Waals surface area contributed by atoms with Crippen LogP contribution in [-0.4, -0.2) is 33.0 Å². The lowest BCUT2D eigenvalue weighted by Gasteiger charge is -2.24. The summed E-state index contributed by atoms with van der Waals surface area (Å²) in [5.74, 6) is 1.87. The third kappa shape index (κ3) is 3.33. The largest absolute Gasteiger partial charge is 0.384 e. The number of nitriles is 1. The van der Waals surface area contributed by atoms with Crippen LogP contribution >= 0.6 is 27.3 Å². The van der Waals surface area contributed by atoms with Crippen molar-refractivity contribution in [2.45, 2.75) is 12.3 Å². The summed E-state index contributed by atoms with van der Waals surface area (Å²) in [7, 11) is 0. The smallest absolute Gasteiger partial charge is 0.151 e. The quantitative estimate of drug-likeness (QED) is 0.578. The number of hydrogen-bond acceptors (Lipinski definition) is 9. The summed E-state index contributed by atoms with van der Waals surface area (Å²) in [5.41, 5.74) is 6.57. The molecule has 0 spiro atoms. The number of aromatic nitrogens is 4. The number of nitrogens with zero attached hydrogens (tertiary/aromatic N) is 5. The normalized spacial score (nSPS) is 20.0. The predicted molar refractivity (Wildman–Crippen MR) is 104 cm³/mol. The zero-order chi connectivity index (χ0) is 18.1. The van der Waals surface area contributed by atoms with E-state index in [2.05, 4.69) is 47.6 Å². The van der Waals surface area contributed by atoms with Gasteiger partial charge in [0.15, 0.2) is 5.82 Å².